The predicted octanol–water partition coefficient (Wildman–Crippen LogP) is 0.745. The molecule has 1 aliphatic carbocycles. The molecule has 0 aromatic carbocycles. The molecule has 0 aliphatic heterocycles. The van der Waals surface area contributed by atoms with E-state index in [1.165, 1.54) is 6.42 Å². The van der Waals surface area contributed by atoms with Crippen LogP contribution in [0.3, 0.4) is 0 Å². The van der Waals surface area contributed by atoms with Crippen LogP contribution >= 0.6 is 0 Å². The summed E-state index contributed by atoms with van der Waals surface area (Å²) in [7, 11) is 0. The van der Waals surface area contributed by atoms with Crippen LogP contribution in [0.2, 0.25) is 0 Å². The molecule has 0 N–H and O–H groups in total. The maximum absolute atomic E-state index is 2.98. The third-order valence-corrected chi connectivity index (χ3v) is 1.79. The Balaban J connectivity index is 2.47. The summed E-state index contributed by atoms with van der Waals surface area (Å²) in [4.78, 5) is 0. The Labute approximate surface area is 40.2 Å². The molecule has 28 valence electrons. The predicted molar refractivity (Wildman–Crippen MR) is 18.8 cm³/mol. The van der Waals surface area contributed by atoms with Crippen LogP contribution < -0.4 is 0 Å². The van der Waals surface area contributed by atoms with Crippen molar-refractivity contribution in [3.63, 3.8) is 0 Å². The minimum absolute atomic E-state index is 0.912. The van der Waals surface area contributed by atoms with Crippen LogP contribution in [-0.2, 0) is 15.9 Å². The van der Waals surface area contributed by atoms with Crippen LogP contribution in [0.5, 0.6) is 0 Å². The molecule has 1 aliphatic rings. The van der Waals surface area contributed by atoms with Crippen molar-refractivity contribution < 1.29 is 15.9 Å². The van der Waals surface area contributed by atoms with E-state index in [9.17, 15) is 0 Å². The molecule has 1 heteroatoms. The van der Waals surface area contributed by atoms with Crippen molar-refractivity contribution in [3.8, 4) is 0 Å². The number of hydrogen-bond donors (Lipinski definition) is 0. The third kappa shape index (κ3) is 0.620. The van der Waals surface area contributed by atoms with Gasteiger partial charge in [-0.15, -0.1) is 0 Å². The average molecular weight is 106 g/mol. The van der Waals surface area contributed by atoms with E-state index < -0.39 is 0 Å². The van der Waals surface area contributed by atoms with E-state index in [2.05, 4.69) is 22.8 Å². The van der Waals surface area contributed by atoms with E-state index in [1.54, 1.807) is 4.38 Å². The third-order valence-electron chi connectivity index (χ3n) is 0.897. The number of rotatable bonds is 0. The second-order valence-electron chi connectivity index (χ2n) is 1.57. The van der Waals surface area contributed by atoms with Crippen LogP contribution in [0.15, 0.2) is 0 Å². The monoisotopic (exact) mass is 106 g/mol. The van der Waals surface area contributed by atoms with Crippen molar-refractivity contribution in [3.05, 3.63) is 0 Å². The van der Waals surface area contributed by atoms with Gasteiger partial charge in [-0.05, 0) is 0 Å². The fourth-order valence-electron chi connectivity index (χ4n) is 0.243. The first-order chi connectivity index (χ1) is 2.30. The molecule has 5 heavy (non-hydrogen) atoms. The Kier molecular flexibility index (Phi) is 0.667. The maximum atomic E-state index is 2.98. The molecule has 0 aromatic heterocycles. The van der Waals surface area contributed by atoms with Gasteiger partial charge in [0.1, 0.15) is 0 Å². The molecule has 0 aromatic rings. The van der Waals surface area contributed by atoms with Crippen molar-refractivity contribution in [2.75, 3.05) is 0 Å². The van der Waals surface area contributed by atoms with Gasteiger partial charge in [-0.2, -0.15) is 0 Å². The van der Waals surface area contributed by atoms with Gasteiger partial charge in [0.25, 0.3) is 0 Å². The van der Waals surface area contributed by atoms with Gasteiger partial charge in [0.05, 0.1) is 0 Å². The summed E-state index contributed by atoms with van der Waals surface area (Å²) in [5, 5.41) is 0. The first-order valence-corrected chi connectivity index (χ1v) is 2.47. The van der Waals surface area contributed by atoms with Gasteiger partial charge in [0.2, 0.25) is 0 Å². The summed E-state index contributed by atoms with van der Waals surface area (Å²) in [5.74, 6) is 0.912. The zero-order chi connectivity index (χ0) is 3.86. The van der Waals surface area contributed by atoms with E-state index in [0.29, 0.717) is 0 Å². The molecule has 1 fully saturated rings. The molecule has 0 bridgehead atoms. The molecule has 0 amide bonds. The van der Waals surface area contributed by atoms with E-state index in [-0.39, 0.29) is 0 Å². The van der Waals surface area contributed by atoms with Gasteiger partial charge >= 0.3 is 39.5 Å². The van der Waals surface area contributed by atoms with Crippen LogP contribution in [0.1, 0.15) is 13.3 Å². The zero-order valence-electron chi connectivity index (χ0n) is 3.19. The van der Waals surface area contributed by atoms with Gasteiger partial charge in [0, 0.05) is 0 Å². The Morgan fingerprint density at radius 1 is 2.00 bits per heavy atom. The van der Waals surface area contributed by atoms with E-state index in [1.807, 2.05) is 0 Å². The van der Waals surface area contributed by atoms with Gasteiger partial charge in [-0.1, -0.05) is 0 Å². The fourth-order valence-corrected chi connectivity index (χ4v) is 0.633. The topological polar surface area (TPSA) is 0 Å². The first-order valence-electron chi connectivity index (χ1n) is 1.83. The fraction of sp³-hybridized carbons (Fsp3) is 0.750. The van der Waals surface area contributed by atoms with Crippen LogP contribution in [0.25, 0.3) is 0 Å². The van der Waals surface area contributed by atoms with Crippen molar-refractivity contribution >= 4 is 4.38 Å². The summed E-state index contributed by atoms with van der Waals surface area (Å²) in [6.45, 7) is 2.23. The summed E-state index contributed by atoms with van der Waals surface area (Å²) >= 11 is 2.98. The zero-order valence-corrected chi connectivity index (χ0v) is 4.47. The summed E-state index contributed by atoms with van der Waals surface area (Å²) in [6, 6.07) is 0. The van der Waals surface area contributed by atoms with E-state index >= 15 is 0 Å². The molecular formula is C4H6Cr. The molecule has 0 nitrogen and oxygen atoms in total. The summed E-state index contributed by atoms with van der Waals surface area (Å²) < 4.78 is 1.55. The summed E-state index contributed by atoms with van der Waals surface area (Å²) in [5.41, 5.74) is 0. The molecule has 0 spiro atoms. The number of hydrogen-bond acceptors (Lipinski definition) is 0. The summed E-state index contributed by atoms with van der Waals surface area (Å²) in [6.07, 6.45) is 1.33. The van der Waals surface area contributed by atoms with Gasteiger partial charge in [-0.25, -0.2) is 0 Å². The Hall–Kier alpha value is 0.402. The molecular weight excluding hydrogens is 100 g/mol. The Bertz CT molecular complexity index is 66.0. The minimum atomic E-state index is 0.912. The second-order valence-corrected chi connectivity index (χ2v) is 2.39. The molecule has 1 unspecified atom stereocenters. The SMILES string of the molecule is CC1C[C]1=[Cr]. The molecule has 0 saturated heterocycles. The molecule has 1 atom stereocenters. The van der Waals surface area contributed by atoms with E-state index in [0.717, 1.165) is 5.92 Å². The Morgan fingerprint density at radius 2 is 2.20 bits per heavy atom. The molecule has 0 heterocycles. The normalized spacial score (nSPS) is 34.6. The Morgan fingerprint density at radius 3 is 2.20 bits per heavy atom. The van der Waals surface area contributed by atoms with Crippen molar-refractivity contribution in [2.24, 2.45) is 5.92 Å². The van der Waals surface area contributed by atoms with Crippen molar-refractivity contribution in [2.45, 2.75) is 13.3 Å². The van der Waals surface area contributed by atoms with Gasteiger partial charge < -0.3 is 0 Å². The molecule has 1 rings (SSSR count). The van der Waals surface area contributed by atoms with Crippen molar-refractivity contribution in [1.82, 2.24) is 0 Å². The van der Waals surface area contributed by atoms with Crippen molar-refractivity contribution in [1.29, 1.82) is 0 Å². The average Bonchev–Trinajstić information content (AvgIpc) is 1.79. The van der Waals surface area contributed by atoms with Gasteiger partial charge in [0.15, 0.2) is 0 Å². The quantitative estimate of drug-likeness (QED) is 0.427. The van der Waals surface area contributed by atoms with Crippen LogP contribution in [-0.4, -0.2) is 4.38 Å². The van der Waals surface area contributed by atoms with Crippen LogP contribution in [0.4, 0.5) is 0 Å². The van der Waals surface area contributed by atoms with E-state index in [4.69, 9.17) is 0 Å². The molecule has 0 radical (unpaired) electrons. The second kappa shape index (κ2) is 0.930. The van der Waals surface area contributed by atoms with Crippen LogP contribution in [0, 0.1) is 5.92 Å². The first kappa shape index (κ1) is 3.59. The standard InChI is InChI=1S/C4H6.Cr/c1-4-2-3-4;/h4H,2H2,1H3;. The van der Waals surface area contributed by atoms with Gasteiger partial charge in [-0.3, -0.25) is 0 Å². The molecule has 1 saturated carbocycles.